The van der Waals surface area contributed by atoms with Gasteiger partial charge < -0.3 is 15.2 Å². The molecule has 0 aliphatic rings. The Balaban J connectivity index is 1.60. The molecule has 3 rings (SSSR count). The summed E-state index contributed by atoms with van der Waals surface area (Å²) in [7, 11) is 1.44. The Bertz CT molecular complexity index is 1100. The van der Waals surface area contributed by atoms with Crippen molar-refractivity contribution >= 4 is 35.3 Å². The molecule has 0 aliphatic carbocycles. The lowest BCUT2D eigenvalue weighted by molar-refractivity contribution is 0.0954. The number of hydrogen-bond acceptors (Lipinski definition) is 5. The van der Waals surface area contributed by atoms with Gasteiger partial charge in [-0.25, -0.2) is 5.43 Å². The number of carbonyl (C=O) groups is 2. The van der Waals surface area contributed by atoms with E-state index in [1.807, 2.05) is 0 Å². The topological polar surface area (TPSA) is 100 Å². The zero-order valence-corrected chi connectivity index (χ0v) is 16.7. The summed E-state index contributed by atoms with van der Waals surface area (Å²) in [5, 5.41) is 16.6. The smallest absolute Gasteiger partial charge is 0.271 e. The number of nitrogens with zero attached hydrogens (tertiary/aromatic N) is 1. The number of hydrogen-bond donors (Lipinski definition) is 3. The van der Waals surface area contributed by atoms with Gasteiger partial charge in [-0.15, -0.1) is 0 Å². The first-order valence-corrected chi connectivity index (χ1v) is 9.22. The van der Waals surface area contributed by atoms with Crippen molar-refractivity contribution in [2.24, 2.45) is 5.10 Å². The first kappa shape index (κ1) is 20.9. The normalized spacial score (nSPS) is 10.6. The molecular formula is C22H18ClN3O4. The predicted molar refractivity (Wildman–Crippen MR) is 116 cm³/mol. The van der Waals surface area contributed by atoms with E-state index < -0.39 is 5.91 Å². The molecule has 0 fully saturated rings. The minimum atomic E-state index is -0.416. The van der Waals surface area contributed by atoms with Gasteiger partial charge in [0.15, 0.2) is 11.5 Å². The monoisotopic (exact) mass is 423 g/mol. The number of amides is 2. The molecule has 0 radical (unpaired) electrons. The van der Waals surface area contributed by atoms with Gasteiger partial charge >= 0.3 is 0 Å². The second-order valence-electron chi connectivity index (χ2n) is 6.14. The van der Waals surface area contributed by atoms with Crippen LogP contribution in [0, 0.1) is 0 Å². The van der Waals surface area contributed by atoms with E-state index in [9.17, 15) is 14.7 Å². The molecule has 8 heteroatoms. The van der Waals surface area contributed by atoms with Gasteiger partial charge in [-0.2, -0.15) is 5.10 Å². The highest BCUT2D eigenvalue weighted by molar-refractivity contribution is 6.34. The van der Waals surface area contributed by atoms with Crippen molar-refractivity contribution in [3.05, 3.63) is 88.4 Å². The fourth-order valence-corrected chi connectivity index (χ4v) is 2.77. The highest BCUT2D eigenvalue weighted by atomic mass is 35.5. The number of benzene rings is 3. The average molecular weight is 424 g/mol. The van der Waals surface area contributed by atoms with E-state index in [1.54, 1.807) is 60.7 Å². The first-order chi connectivity index (χ1) is 14.5. The number of ether oxygens (including phenoxy) is 1. The molecular weight excluding hydrogens is 406 g/mol. The highest BCUT2D eigenvalue weighted by Crippen LogP contribution is 2.25. The van der Waals surface area contributed by atoms with Crippen molar-refractivity contribution in [3.63, 3.8) is 0 Å². The van der Waals surface area contributed by atoms with E-state index in [1.165, 1.54) is 19.4 Å². The van der Waals surface area contributed by atoms with Crippen molar-refractivity contribution in [2.75, 3.05) is 12.4 Å². The third-order valence-electron chi connectivity index (χ3n) is 4.11. The Kier molecular flexibility index (Phi) is 6.67. The molecule has 0 spiro atoms. The van der Waals surface area contributed by atoms with Crippen LogP contribution in [-0.2, 0) is 0 Å². The van der Waals surface area contributed by atoms with E-state index in [2.05, 4.69) is 15.8 Å². The lowest BCUT2D eigenvalue weighted by Gasteiger charge is -2.07. The number of carbonyl (C=O) groups excluding carboxylic acids is 2. The van der Waals surface area contributed by atoms with Crippen LogP contribution in [0.15, 0.2) is 71.8 Å². The summed E-state index contributed by atoms with van der Waals surface area (Å²) in [4.78, 5) is 24.5. The Morgan fingerprint density at radius 3 is 2.47 bits per heavy atom. The highest BCUT2D eigenvalue weighted by Gasteiger charge is 2.10. The summed E-state index contributed by atoms with van der Waals surface area (Å²) in [6.07, 6.45) is 1.43. The SMILES string of the molecule is COc1cc(/C=N/NC(=O)c2ccc(NC(=O)c3ccccc3Cl)cc2)ccc1O. The van der Waals surface area contributed by atoms with Gasteiger partial charge in [0.25, 0.3) is 11.8 Å². The Morgan fingerprint density at radius 1 is 1.03 bits per heavy atom. The van der Waals surface area contributed by atoms with Crippen LogP contribution in [0.5, 0.6) is 11.5 Å². The number of rotatable bonds is 6. The largest absolute Gasteiger partial charge is 0.504 e. The number of halogens is 1. The second kappa shape index (κ2) is 9.58. The zero-order chi connectivity index (χ0) is 21.5. The molecule has 0 heterocycles. The lowest BCUT2D eigenvalue weighted by atomic mass is 10.1. The number of methoxy groups -OCH3 is 1. The van der Waals surface area contributed by atoms with Crippen molar-refractivity contribution < 1.29 is 19.4 Å². The number of aromatic hydroxyl groups is 1. The van der Waals surface area contributed by atoms with Gasteiger partial charge in [-0.3, -0.25) is 9.59 Å². The number of phenols is 1. The van der Waals surface area contributed by atoms with Crippen LogP contribution in [0.1, 0.15) is 26.3 Å². The van der Waals surface area contributed by atoms with Gasteiger partial charge in [0.2, 0.25) is 0 Å². The standard InChI is InChI=1S/C22H18ClN3O4/c1-30-20-12-14(6-11-19(20)27)13-24-26-21(28)15-7-9-16(10-8-15)25-22(29)17-4-2-3-5-18(17)23/h2-13,27H,1H3,(H,25,29)(H,26,28)/b24-13+. The molecule has 2 amide bonds. The maximum absolute atomic E-state index is 12.3. The fourth-order valence-electron chi connectivity index (χ4n) is 2.55. The van der Waals surface area contributed by atoms with Gasteiger partial charge in [0.05, 0.1) is 23.9 Å². The lowest BCUT2D eigenvalue weighted by Crippen LogP contribution is -2.18. The molecule has 0 bridgehead atoms. The van der Waals surface area contributed by atoms with Crippen LogP contribution in [-0.4, -0.2) is 30.2 Å². The average Bonchev–Trinajstić information content (AvgIpc) is 2.75. The molecule has 0 aliphatic heterocycles. The van der Waals surface area contributed by atoms with Gasteiger partial charge in [-0.1, -0.05) is 23.7 Å². The number of hydrazone groups is 1. The van der Waals surface area contributed by atoms with Crippen molar-refractivity contribution in [3.8, 4) is 11.5 Å². The third-order valence-corrected chi connectivity index (χ3v) is 4.44. The second-order valence-corrected chi connectivity index (χ2v) is 6.55. The number of nitrogens with one attached hydrogen (secondary N) is 2. The summed E-state index contributed by atoms with van der Waals surface area (Å²) >= 11 is 6.02. The molecule has 0 saturated carbocycles. The van der Waals surface area contributed by atoms with E-state index in [0.717, 1.165) is 0 Å². The maximum Gasteiger partial charge on any atom is 0.271 e. The molecule has 152 valence electrons. The summed E-state index contributed by atoms with van der Waals surface area (Å²) in [6.45, 7) is 0. The number of phenolic OH excluding ortho intramolecular Hbond substituents is 1. The van der Waals surface area contributed by atoms with Crippen molar-refractivity contribution in [1.29, 1.82) is 0 Å². The van der Waals surface area contributed by atoms with Crippen LogP contribution in [0.25, 0.3) is 0 Å². The summed E-state index contributed by atoms with van der Waals surface area (Å²) in [5.41, 5.74) is 4.31. The quantitative estimate of drug-likeness (QED) is 0.411. The molecule has 3 aromatic rings. The van der Waals surface area contributed by atoms with Crippen LogP contribution < -0.4 is 15.5 Å². The molecule has 0 unspecified atom stereocenters. The molecule has 0 atom stereocenters. The molecule has 3 N–H and O–H groups in total. The molecule has 0 saturated heterocycles. The van der Waals surface area contributed by atoms with Gasteiger partial charge in [-0.05, 0) is 60.2 Å². The van der Waals surface area contributed by atoms with Crippen LogP contribution >= 0.6 is 11.6 Å². The third kappa shape index (κ3) is 5.15. The molecule has 30 heavy (non-hydrogen) atoms. The number of anilines is 1. The summed E-state index contributed by atoms with van der Waals surface area (Å²) in [6, 6.07) is 17.8. The van der Waals surface area contributed by atoms with E-state index >= 15 is 0 Å². The van der Waals surface area contributed by atoms with Crippen molar-refractivity contribution in [2.45, 2.75) is 0 Å². The maximum atomic E-state index is 12.3. The van der Waals surface area contributed by atoms with Crippen LogP contribution in [0.4, 0.5) is 5.69 Å². The fraction of sp³-hybridized carbons (Fsp3) is 0.0455. The zero-order valence-electron chi connectivity index (χ0n) is 15.9. The van der Waals surface area contributed by atoms with Crippen LogP contribution in [0.2, 0.25) is 5.02 Å². The molecule has 3 aromatic carbocycles. The first-order valence-electron chi connectivity index (χ1n) is 8.84. The minimum Gasteiger partial charge on any atom is -0.504 e. The van der Waals surface area contributed by atoms with Gasteiger partial charge in [0, 0.05) is 11.3 Å². The summed E-state index contributed by atoms with van der Waals surface area (Å²) in [5.74, 6) is -0.437. The van der Waals surface area contributed by atoms with Gasteiger partial charge in [0.1, 0.15) is 0 Å². The Labute approximate surface area is 178 Å². The predicted octanol–water partition coefficient (Wildman–Crippen LogP) is 4.07. The van der Waals surface area contributed by atoms with E-state index in [-0.39, 0.29) is 11.7 Å². The molecule has 0 aromatic heterocycles. The van der Waals surface area contributed by atoms with Crippen LogP contribution in [0.3, 0.4) is 0 Å². The Hall–Kier alpha value is -3.84. The van der Waals surface area contributed by atoms with E-state index in [0.29, 0.717) is 33.1 Å². The molecule has 7 nitrogen and oxygen atoms in total. The summed E-state index contributed by atoms with van der Waals surface area (Å²) < 4.78 is 5.02. The Morgan fingerprint density at radius 2 is 1.77 bits per heavy atom. The minimum absolute atomic E-state index is 0.0143. The van der Waals surface area contributed by atoms with Crippen molar-refractivity contribution in [1.82, 2.24) is 5.43 Å². The van der Waals surface area contributed by atoms with E-state index in [4.69, 9.17) is 16.3 Å².